The molecule has 25 heavy (non-hydrogen) atoms. The second-order valence-electron chi connectivity index (χ2n) is 6.28. The van der Waals surface area contributed by atoms with Gasteiger partial charge in [-0.05, 0) is 29.8 Å². The molecule has 0 bridgehead atoms. The predicted molar refractivity (Wildman–Crippen MR) is 94.1 cm³/mol. The molecule has 2 aromatic carbocycles. The fraction of sp³-hybridized carbons (Fsp3) is 0.211. The molecule has 2 N–H and O–H groups in total. The van der Waals surface area contributed by atoms with Crippen LogP contribution < -0.4 is 0 Å². The zero-order valence-corrected chi connectivity index (χ0v) is 14.2. The van der Waals surface area contributed by atoms with Crippen LogP contribution in [0.5, 0.6) is 5.75 Å². The minimum atomic E-state index is -0.295. The first-order valence-electron chi connectivity index (χ1n) is 8.08. The van der Waals surface area contributed by atoms with E-state index in [0.29, 0.717) is 30.2 Å². The van der Waals surface area contributed by atoms with Crippen molar-refractivity contribution in [2.45, 2.75) is 19.0 Å². The van der Waals surface area contributed by atoms with Gasteiger partial charge in [0.25, 0.3) is 0 Å². The minimum Gasteiger partial charge on any atom is -0.508 e. The molecule has 3 aromatic rings. The van der Waals surface area contributed by atoms with Crippen LogP contribution in [0.2, 0.25) is 5.02 Å². The molecule has 1 atom stereocenters. The van der Waals surface area contributed by atoms with Crippen LogP contribution in [0.15, 0.2) is 48.8 Å². The zero-order chi connectivity index (χ0) is 17.4. The van der Waals surface area contributed by atoms with Gasteiger partial charge in [0, 0.05) is 36.1 Å². The number of aromatic hydroxyl groups is 1. The van der Waals surface area contributed by atoms with Crippen molar-refractivity contribution >= 4 is 11.6 Å². The van der Waals surface area contributed by atoms with Gasteiger partial charge in [0.1, 0.15) is 11.6 Å². The number of H-pyrrole nitrogens is 1. The van der Waals surface area contributed by atoms with Gasteiger partial charge in [-0.15, -0.1) is 0 Å². The highest BCUT2D eigenvalue weighted by Crippen LogP contribution is 2.34. The summed E-state index contributed by atoms with van der Waals surface area (Å²) in [6.07, 6.45) is 1.68. The maximum atomic E-state index is 14.2. The van der Waals surface area contributed by atoms with Crippen molar-refractivity contribution in [2.24, 2.45) is 0 Å². The lowest BCUT2D eigenvalue weighted by atomic mass is 9.90. The first-order valence-corrected chi connectivity index (χ1v) is 8.46. The van der Waals surface area contributed by atoms with Gasteiger partial charge >= 0.3 is 0 Å². The van der Waals surface area contributed by atoms with E-state index in [9.17, 15) is 9.50 Å². The normalized spacial score (nSPS) is 17.4. The highest BCUT2D eigenvalue weighted by molar-refractivity contribution is 6.31. The maximum Gasteiger partial charge on any atom is 0.129 e. The van der Waals surface area contributed by atoms with Gasteiger partial charge in [0.05, 0.1) is 17.7 Å². The van der Waals surface area contributed by atoms with Crippen LogP contribution >= 0.6 is 11.6 Å². The lowest BCUT2D eigenvalue weighted by Gasteiger charge is -2.32. The van der Waals surface area contributed by atoms with E-state index in [1.54, 1.807) is 30.6 Å². The molecule has 4 rings (SSSR count). The molecule has 0 amide bonds. The summed E-state index contributed by atoms with van der Waals surface area (Å²) in [7, 11) is 0. The van der Waals surface area contributed by atoms with Gasteiger partial charge in [-0.2, -0.15) is 0 Å². The predicted octanol–water partition coefficient (Wildman–Crippen LogP) is 4.06. The van der Waals surface area contributed by atoms with Gasteiger partial charge in [-0.25, -0.2) is 9.37 Å². The number of hydrogen-bond donors (Lipinski definition) is 2. The number of aromatic amines is 1. The molecule has 0 saturated heterocycles. The third-order valence-electron chi connectivity index (χ3n) is 4.62. The van der Waals surface area contributed by atoms with Gasteiger partial charge in [-0.3, -0.25) is 4.90 Å². The summed E-state index contributed by atoms with van der Waals surface area (Å²) in [5, 5.41) is 10.2. The van der Waals surface area contributed by atoms with Crippen LogP contribution in [-0.4, -0.2) is 26.5 Å². The number of phenolic OH excluding ortho intramolecular Hbond substituents is 1. The molecule has 128 valence electrons. The number of imidazole rings is 1. The summed E-state index contributed by atoms with van der Waals surface area (Å²) < 4.78 is 14.2. The fourth-order valence-electron chi connectivity index (χ4n) is 3.42. The average molecular weight is 358 g/mol. The van der Waals surface area contributed by atoms with Crippen LogP contribution in [-0.2, 0) is 13.1 Å². The van der Waals surface area contributed by atoms with Gasteiger partial charge in [0.2, 0.25) is 0 Å². The minimum absolute atomic E-state index is 0.00708. The fourth-order valence-corrected chi connectivity index (χ4v) is 3.65. The summed E-state index contributed by atoms with van der Waals surface area (Å²) >= 11 is 6.18. The number of nitrogens with one attached hydrogen (secondary N) is 1. The van der Waals surface area contributed by atoms with Crippen molar-refractivity contribution in [2.75, 3.05) is 6.54 Å². The Bertz CT molecular complexity index is 891. The smallest absolute Gasteiger partial charge is 0.129 e. The monoisotopic (exact) mass is 357 g/mol. The number of benzene rings is 2. The number of rotatable bonds is 3. The standard InChI is InChI=1S/C19H17ClFN3O/c20-16-5-2-6-17(21)15(16)9-24-8-14(12-3-1-4-13(25)7-12)19-18(10-24)22-11-23-19/h1-7,11,14,25H,8-10H2,(H,22,23). The first kappa shape index (κ1) is 16.1. The van der Waals surface area contributed by atoms with E-state index in [2.05, 4.69) is 14.9 Å². The average Bonchev–Trinajstić information content (AvgIpc) is 3.06. The topological polar surface area (TPSA) is 52.1 Å². The molecule has 6 heteroatoms. The molecule has 1 unspecified atom stereocenters. The summed E-state index contributed by atoms with van der Waals surface area (Å²) in [4.78, 5) is 9.77. The van der Waals surface area contributed by atoms with Gasteiger partial charge in [-0.1, -0.05) is 29.8 Å². The molecule has 4 nitrogen and oxygen atoms in total. The molecule has 1 aromatic heterocycles. The summed E-state index contributed by atoms with van der Waals surface area (Å²) in [6.45, 7) is 1.74. The van der Waals surface area contributed by atoms with Crippen LogP contribution in [0.25, 0.3) is 0 Å². The summed E-state index contributed by atoms with van der Waals surface area (Å²) in [5.41, 5.74) is 3.47. The lowest BCUT2D eigenvalue weighted by Crippen LogP contribution is -2.34. The highest BCUT2D eigenvalue weighted by atomic mass is 35.5. The number of fused-ring (bicyclic) bond motifs is 1. The molecule has 0 radical (unpaired) electrons. The van der Waals surface area contributed by atoms with E-state index in [1.807, 2.05) is 12.1 Å². The van der Waals surface area contributed by atoms with E-state index in [0.717, 1.165) is 17.0 Å². The van der Waals surface area contributed by atoms with Crippen molar-refractivity contribution < 1.29 is 9.50 Å². The number of halogens is 2. The van der Waals surface area contributed by atoms with E-state index in [1.165, 1.54) is 6.07 Å². The Labute approximate surface area is 149 Å². The second-order valence-corrected chi connectivity index (χ2v) is 6.69. The van der Waals surface area contributed by atoms with E-state index in [-0.39, 0.29) is 17.5 Å². The van der Waals surface area contributed by atoms with Gasteiger partial charge in [0.15, 0.2) is 0 Å². The van der Waals surface area contributed by atoms with Crippen molar-refractivity contribution in [3.8, 4) is 5.75 Å². The van der Waals surface area contributed by atoms with Crippen LogP contribution in [0.3, 0.4) is 0 Å². The van der Waals surface area contributed by atoms with Gasteiger partial charge < -0.3 is 10.1 Å². The Balaban J connectivity index is 1.66. The number of aromatic nitrogens is 2. The zero-order valence-electron chi connectivity index (χ0n) is 13.4. The first-order chi connectivity index (χ1) is 12.1. The molecule has 0 spiro atoms. The largest absolute Gasteiger partial charge is 0.508 e. The third kappa shape index (κ3) is 3.13. The highest BCUT2D eigenvalue weighted by Gasteiger charge is 2.29. The SMILES string of the molecule is Oc1cccc(C2CN(Cc3c(F)cccc3Cl)Cc3[nH]cnc32)c1. The van der Waals surface area contributed by atoms with E-state index < -0.39 is 0 Å². The molecule has 1 aliphatic rings. The van der Waals surface area contributed by atoms with Crippen molar-refractivity contribution in [3.63, 3.8) is 0 Å². The molecule has 1 aliphatic heterocycles. The van der Waals surface area contributed by atoms with E-state index >= 15 is 0 Å². The van der Waals surface area contributed by atoms with Crippen LogP contribution in [0.4, 0.5) is 4.39 Å². The van der Waals surface area contributed by atoms with Crippen LogP contribution in [0, 0.1) is 5.82 Å². The Kier molecular flexibility index (Phi) is 4.19. The maximum absolute atomic E-state index is 14.2. The number of nitrogens with zero attached hydrogens (tertiary/aromatic N) is 2. The molecule has 2 heterocycles. The lowest BCUT2D eigenvalue weighted by molar-refractivity contribution is 0.225. The van der Waals surface area contributed by atoms with Crippen molar-refractivity contribution in [3.05, 3.63) is 82.1 Å². The van der Waals surface area contributed by atoms with Crippen molar-refractivity contribution in [1.82, 2.24) is 14.9 Å². The second kappa shape index (κ2) is 6.50. The van der Waals surface area contributed by atoms with Crippen LogP contribution in [0.1, 0.15) is 28.4 Å². The molecule has 0 aliphatic carbocycles. The summed E-state index contributed by atoms with van der Waals surface area (Å²) in [5.74, 6) is -0.0617. The number of phenols is 1. The third-order valence-corrected chi connectivity index (χ3v) is 4.97. The van der Waals surface area contributed by atoms with Crippen molar-refractivity contribution in [1.29, 1.82) is 0 Å². The molecule has 0 saturated carbocycles. The molecular formula is C19H17ClFN3O. The molecule has 0 fully saturated rings. The van der Waals surface area contributed by atoms with E-state index in [4.69, 9.17) is 11.6 Å². The Hall–Kier alpha value is -2.37. The Morgan fingerprint density at radius 1 is 1.28 bits per heavy atom. The Morgan fingerprint density at radius 3 is 2.92 bits per heavy atom. The quantitative estimate of drug-likeness (QED) is 0.743. The Morgan fingerprint density at radius 2 is 2.12 bits per heavy atom. The molecular weight excluding hydrogens is 341 g/mol. The summed E-state index contributed by atoms with van der Waals surface area (Å²) in [6, 6.07) is 11.9. The number of hydrogen-bond acceptors (Lipinski definition) is 3.